The quantitative estimate of drug-likeness (QED) is 0.729. The van der Waals surface area contributed by atoms with Gasteiger partial charge in [-0.3, -0.25) is 0 Å². The summed E-state index contributed by atoms with van der Waals surface area (Å²) in [5.41, 5.74) is 0. The zero-order chi connectivity index (χ0) is 12.1. The van der Waals surface area contributed by atoms with Crippen molar-refractivity contribution in [3.63, 3.8) is 0 Å². The molecule has 0 heterocycles. The number of hydrogen-bond acceptors (Lipinski definition) is 1. The second-order valence-electron chi connectivity index (χ2n) is 5.99. The molecule has 1 N–H and O–H groups in total. The summed E-state index contributed by atoms with van der Waals surface area (Å²) in [6.45, 7) is 2.24. The van der Waals surface area contributed by atoms with Crippen molar-refractivity contribution in [2.45, 2.75) is 76.8 Å². The molecule has 0 aromatic rings. The van der Waals surface area contributed by atoms with Gasteiger partial charge < -0.3 is 5.32 Å². The van der Waals surface area contributed by atoms with E-state index in [-0.39, 0.29) is 0 Å². The molecule has 0 radical (unpaired) electrons. The molecule has 2 rings (SSSR count). The van der Waals surface area contributed by atoms with Gasteiger partial charge in [0, 0.05) is 18.5 Å². The molecule has 4 atom stereocenters. The first-order chi connectivity index (χ1) is 8.33. The molecule has 2 fully saturated rings. The smallest absolute Gasteiger partial charge is 0.0240 e. The van der Waals surface area contributed by atoms with Gasteiger partial charge in [-0.15, -0.1) is 12.3 Å². The molecule has 2 aliphatic rings. The van der Waals surface area contributed by atoms with Crippen molar-refractivity contribution in [3.8, 4) is 12.3 Å². The summed E-state index contributed by atoms with van der Waals surface area (Å²) < 4.78 is 0. The van der Waals surface area contributed by atoms with Gasteiger partial charge in [-0.05, 0) is 37.5 Å². The first kappa shape index (κ1) is 13.0. The van der Waals surface area contributed by atoms with Crippen molar-refractivity contribution in [2.75, 3.05) is 0 Å². The van der Waals surface area contributed by atoms with Gasteiger partial charge in [0.15, 0.2) is 0 Å². The highest BCUT2D eigenvalue weighted by molar-refractivity contribution is 4.92. The van der Waals surface area contributed by atoms with Gasteiger partial charge in [0.05, 0.1) is 0 Å². The molecule has 0 aromatic carbocycles. The Labute approximate surface area is 107 Å². The maximum absolute atomic E-state index is 5.43. The van der Waals surface area contributed by atoms with E-state index < -0.39 is 0 Å². The van der Waals surface area contributed by atoms with Crippen molar-refractivity contribution in [1.82, 2.24) is 5.32 Å². The van der Waals surface area contributed by atoms with Crippen LogP contribution in [0.4, 0.5) is 0 Å². The van der Waals surface area contributed by atoms with Crippen LogP contribution >= 0.6 is 0 Å². The molecular weight excluding hydrogens is 206 g/mol. The Kier molecular flexibility index (Phi) is 4.92. The van der Waals surface area contributed by atoms with E-state index in [0.717, 1.165) is 30.7 Å². The second kappa shape index (κ2) is 6.45. The van der Waals surface area contributed by atoms with Crippen LogP contribution in [0.15, 0.2) is 0 Å². The topological polar surface area (TPSA) is 12.0 Å². The largest absolute Gasteiger partial charge is 0.310 e. The third-order valence-electron chi connectivity index (χ3n) is 4.87. The van der Waals surface area contributed by atoms with Crippen LogP contribution in [-0.2, 0) is 0 Å². The van der Waals surface area contributed by atoms with E-state index in [0.29, 0.717) is 6.04 Å². The molecule has 1 heteroatoms. The average molecular weight is 233 g/mol. The molecule has 0 bridgehead atoms. The molecule has 96 valence electrons. The second-order valence-corrected chi connectivity index (χ2v) is 5.99. The van der Waals surface area contributed by atoms with E-state index in [2.05, 4.69) is 18.2 Å². The fourth-order valence-corrected chi connectivity index (χ4v) is 3.82. The first-order valence-corrected chi connectivity index (χ1v) is 7.53. The Morgan fingerprint density at radius 1 is 1.18 bits per heavy atom. The highest BCUT2D eigenvalue weighted by Crippen LogP contribution is 2.40. The Morgan fingerprint density at radius 2 is 1.94 bits per heavy atom. The number of rotatable bonds is 4. The summed E-state index contributed by atoms with van der Waals surface area (Å²) in [7, 11) is 0. The maximum atomic E-state index is 5.43. The monoisotopic (exact) mass is 233 g/mol. The minimum atomic E-state index is 0.546. The first-order valence-electron chi connectivity index (χ1n) is 7.53. The van der Waals surface area contributed by atoms with E-state index in [1.54, 1.807) is 0 Å². The molecule has 4 unspecified atom stereocenters. The van der Waals surface area contributed by atoms with Crippen LogP contribution in [0.25, 0.3) is 0 Å². The van der Waals surface area contributed by atoms with Crippen LogP contribution < -0.4 is 5.32 Å². The van der Waals surface area contributed by atoms with E-state index in [1.165, 1.54) is 44.9 Å². The Hall–Kier alpha value is -0.480. The molecule has 0 aliphatic heterocycles. The lowest BCUT2D eigenvalue weighted by molar-refractivity contribution is 0.138. The molecule has 0 saturated heterocycles. The lowest BCUT2D eigenvalue weighted by Crippen LogP contribution is -2.43. The lowest BCUT2D eigenvalue weighted by Gasteiger charge is -2.40. The van der Waals surface area contributed by atoms with Gasteiger partial charge in [0.25, 0.3) is 0 Å². The zero-order valence-electron chi connectivity index (χ0n) is 11.3. The van der Waals surface area contributed by atoms with Crippen LogP contribution in [0.3, 0.4) is 0 Å². The van der Waals surface area contributed by atoms with Crippen LogP contribution in [0.1, 0.15) is 64.7 Å². The minimum absolute atomic E-state index is 0.546. The van der Waals surface area contributed by atoms with E-state index in [4.69, 9.17) is 6.42 Å². The van der Waals surface area contributed by atoms with Crippen molar-refractivity contribution in [1.29, 1.82) is 0 Å². The highest BCUT2D eigenvalue weighted by atomic mass is 14.9. The molecule has 0 aromatic heterocycles. The standard InChI is InChI=1S/C16H27N/c1-3-7-15(4-2)17-16-11-10-13-8-5-6-9-14(13)12-16/h1,13-17H,4-12H2,2H3. The van der Waals surface area contributed by atoms with Crippen LogP contribution in [0, 0.1) is 24.2 Å². The van der Waals surface area contributed by atoms with E-state index in [9.17, 15) is 0 Å². The predicted molar refractivity (Wildman–Crippen MR) is 73.8 cm³/mol. The molecular formula is C16H27N. The van der Waals surface area contributed by atoms with E-state index >= 15 is 0 Å². The third kappa shape index (κ3) is 3.49. The molecule has 1 nitrogen and oxygen atoms in total. The SMILES string of the molecule is C#CCC(CC)NC1CCC2CCCCC2C1. The Bertz CT molecular complexity index is 265. The van der Waals surface area contributed by atoms with Crippen molar-refractivity contribution >= 4 is 0 Å². The van der Waals surface area contributed by atoms with Crippen LogP contribution in [0.2, 0.25) is 0 Å². The van der Waals surface area contributed by atoms with Crippen molar-refractivity contribution in [2.24, 2.45) is 11.8 Å². The molecule has 0 amide bonds. The summed E-state index contributed by atoms with van der Waals surface area (Å²) in [6.07, 6.45) is 17.6. The summed E-state index contributed by atoms with van der Waals surface area (Å²) in [5, 5.41) is 3.80. The number of fused-ring (bicyclic) bond motifs is 1. The number of terminal acetylenes is 1. The summed E-state index contributed by atoms with van der Waals surface area (Å²) in [6, 6.07) is 1.29. The van der Waals surface area contributed by atoms with Gasteiger partial charge in [-0.25, -0.2) is 0 Å². The summed E-state index contributed by atoms with van der Waals surface area (Å²) >= 11 is 0. The molecule has 2 aliphatic carbocycles. The predicted octanol–water partition coefficient (Wildman–Crippen LogP) is 3.74. The van der Waals surface area contributed by atoms with Gasteiger partial charge in [-0.1, -0.05) is 32.6 Å². The Morgan fingerprint density at radius 3 is 2.65 bits per heavy atom. The normalized spacial score (nSPS) is 34.7. The number of nitrogens with one attached hydrogen (secondary N) is 1. The third-order valence-corrected chi connectivity index (χ3v) is 4.87. The minimum Gasteiger partial charge on any atom is -0.310 e. The van der Waals surface area contributed by atoms with Crippen LogP contribution in [-0.4, -0.2) is 12.1 Å². The number of hydrogen-bond donors (Lipinski definition) is 1. The summed E-state index contributed by atoms with van der Waals surface area (Å²) in [4.78, 5) is 0. The molecule has 2 saturated carbocycles. The van der Waals surface area contributed by atoms with Gasteiger partial charge in [0.2, 0.25) is 0 Å². The fraction of sp³-hybridized carbons (Fsp3) is 0.875. The molecule has 0 spiro atoms. The van der Waals surface area contributed by atoms with Gasteiger partial charge >= 0.3 is 0 Å². The van der Waals surface area contributed by atoms with Gasteiger partial charge in [-0.2, -0.15) is 0 Å². The maximum Gasteiger partial charge on any atom is 0.0240 e. The van der Waals surface area contributed by atoms with Crippen molar-refractivity contribution < 1.29 is 0 Å². The summed E-state index contributed by atoms with van der Waals surface area (Å²) in [5.74, 6) is 4.86. The fourth-order valence-electron chi connectivity index (χ4n) is 3.82. The highest BCUT2D eigenvalue weighted by Gasteiger charge is 2.32. The van der Waals surface area contributed by atoms with E-state index in [1.807, 2.05) is 0 Å². The lowest BCUT2D eigenvalue weighted by atomic mass is 9.69. The Balaban J connectivity index is 1.81. The average Bonchev–Trinajstić information content (AvgIpc) is 2.38. The van der Waals surface area contributed by atoms with Crippen molar-refractivity contribution in [3.05, 3.63) is 0 Å². The zero-order valence-corrected chi connectivity index (χ0v) is 11.3. The van der Waals surface area contributed by atoms with Crippen LogP contribution in [0.5, 0.6) is 0 Å². The van der Waals surface area contributed by atoms with Gasteiger partial charge in [0.1, 0.15) is 0 Å². The molecule has 17 heavy (non-hydrogen) atoms.